The van der Waals surface area contributed by atoms with E-state index in [1.807, 2.05) is 30.3 Å². The first kappa shape index (κ1) is 9.09. The van der Waals surface area contributed by atoms with Crippen molar-refractivity contribution in [1.29, 1.82) is 0 Å². The van der Waals surface area contributed by atoms with Crippen molar-refractivity contribution in [2.75, 3.05) is 0 Å². The fourth-order valence-corrected chi connectivity index (χ4v) is 1.61. The fourth-order valence-electron chi connectivity index (χ4n) is 1.33. The highest BCUT2D eigenvalue weighted by atomic mass is 32.1. The molecule has 1 nitrogen and oxygen atoms in total. The van der Waals surface area contributed by atoms with E-state index in [1.165, 1.54) is 12.3 Å². The lowest BCUT2D eigenvalue weighted by atomic mass is 10.1. The summed E-state index contributed by atoms with van der Waals surface area (Å²) in [6.45, 7) is 0. The van der Waals surface area contributed by atoms with Gasteiger partial charge in [0.2, 0.25) is 0 Å². The molecule has 0 saturated carbocycles. The van der Waals surface area contributed by atoms with Crippen LogP contribution in [0.4, 0.5) is 4.39 Å². The Morgan fingerprint density at radius 3 is 2.43 bits per heavy atom. The van der Waals surface area contributed by atoms with Crippen molar-refractivity contribution in [2.45, 2.75) is 0 Å². The summed E-state index contributed by atoms with van der Waals surface area (Å²) in [6.07, 6.45) is 1.50. The number of benzene rings is 1. The van der Waals surface area contributed by atoms with Crippen molar-refractivity contribution in [2.24, 2.45) is 0 Å². The molecule has 0 aliphatic carbocycles. The number of nitrogens with one attached hydrogen (secondary N) is 1. The Bertz CT molecular complexity index is 490. The van der Waals surface area contributed by atoms with Crippen molar-refractivity contribution in [3.63, 3.8) is 0 Å². The quantitative estimate of drug-likeness (QED) is 0.704. The zero-order chi connectivity index (χ0) is 9.97. The van der Waals surface area contributed by atoms with Gasteiger partial charge in [0, 0.05) is 6.20 Å². The first-order valence-corrected chi connectivity index (χ1v) is 4.62. The highest BCUT2D eigenvalue weighted by Gasteiger charge is 2.05. The van der Waals surface area contributed by atoms with E-state index in [0.717, 1.165) is 5.56 Å². The van der Waals surface area contributed by atoms with Gasteiger partial charge in [-0.2, -0.15) is 0 Å². The molecule has 3 heteroatoms. The second-order valence-electron chi connectivity index (χ2n) is 2.90. The van der Waals surface area contributed by atoms with Gasteiger partial charge in [-0.1, -0.05) is 42.5 Å². The summed E-state index contributed by atoms with van der Waals surface area (Å²) in [5, 5.41) is 0. The molecule has 2 aromatic rings. The molecule has 1 N–H and O–H groups in total. The standard InChI is InChI=1S/C11H8FNS/c12-9-6-7-13-11(14)10(9)8-4-2-1-3-5-8/h1-7H,(H,13,14). The predicted octanol–water partition coefficient (Wildman–Crippen LogP) is 3.55. The molecule has 0 spiro atoms. The monoisotopic (exact) mass is 205 g/mol. The van der Waals surface area contributed by atoms with E-state index in [1.54, 1.807) is 0 Å². The van der Waals surface area contributed by atoms with Crippen LogP contribution in [0.15, 0.2) is 42.6 Å². The maximum absolute atomic E-state index is 13.4. The molecule has 2 rings (SSSR count). The largest absolute Gasteiger partial charge is 0.352 e. The Hall–Kier alpha value is -1.48. The summed E-state index contributed by atoms with van der Waals surface area (Å²) in [5.74, 6) is -0.292. The van der Waals surface area contributed by atoms with Crippen LogP contribution in [0.25, 0.3) is 11.1 Å². The van der Waals surface area contributed by atoms with Gasteiger partial charge < -0.3 is 4.98 Å². The first-order chi connectivity index (χ1) is 6.79. The van der Waals surface area contributed by atoms with Crippen molar-refractivity contribution in [3.8, 4) is 11.1 Å². The van der Waals surface area contributed by atoms with Crippen LogP contribution in [0, 0.1) is 10.5 Å². The van der Waals surface area contributed by atoms with Crippen LogP contribution in [-0.2, 0) is 0 Å². The van der Waals surface area contributed by atoms with Gasteiger partial charge in [0.25, 0.3) is 0 Å². The molecule has 0 aliphatic heterocycles. The second kappa shape index (κ2) is 3.72. The molecule has 0 amide bonds. The minimum absolute atomic E-state index is 0.292. The van der Waals surface area contributed by atoms with Gasteiger partial charge in [0.05, 0.1) is 5.56 Å². The van der Waals surface area contributed by atoms with E-state index in [-0.39, 0.29) is 5.82 Å². The molecule has 1 aromatic carbocycles. The summed E-state index contributed by atoms with van der Waals surface area (Å²) >= 11 is 5.03. The molecule has 0 bridgehead atoms. The summed E-state index contributed by atoms with van der Waals surface area (Å²) in [4.78, 5) is 2.81. The van der Waals surface area contributed by atoms with E-state index in [0.29, 0.717) is 10.2 Å². The SMILES string of the molecule is Fc1cc[nH]c(=S)c1-c1ccccc1. The molecule has 0 radical (unpaired) electrons. The third-order valence-corrected chi connectivity index (χ3v) is 2.29. The molecule has 0 atom stereocenters. The van der Waals surface area contributed by atoms with E-state index < -0.39 is 0 Å². The third kappa shape index (κ3) is 1.59. The molecular weight excluding hydrogens is 197 g/mol. The normalized spacial score (nSPS) is 10.1. The lowest BCUT2D eigenvalue weighted by Gasteiger charge is -2.02. The van der Waals surface area contributed by atoms with Crippen LogP contribution in [0.3, 0.4) is 0 Å². The van der Waals surface area contributed by atoms with Crippen LogP contribution in [0.2, 0.25) is 0 Å². The van der Waals surface area contributed by atoms with Crippen LogP contribution < -0.4 is 0 Å². The number of hydrogen-bond donors (Lipinski definition) is 1. The van der Waals surface area contributed by atoms with Crippen molar-refractivity contribution in [3.05, 3.63) is 53.1 Å². The summed E-state index contributed by atoms with van der Waals surface area (Å²) in [6, 6.07) is 10.6. The first-order valence-electron chi connectivity index (χ1n) is 4.21. The Morgan fingerprint density at radius 2 is 1.79 bits per heavy atom. The van der Waals surface area contributed by atoms with Crippen LogP contribution in [0.5, 0.6) is 0 Å². The number of aromatic amines is 1. The maximum atomic E-state index is 13.4. The van der Waals surface area contributed by atoms with E-state index in [2.05, 4.69) is 4.98 Å². The molecule has 0 saturated heterocycles. The maximum Gasteiger partial charge on any atom is 0.135 e. The molecule has 0 aliphatic rings. The van der Waals surface area contributed by atoms with Crippen LogP contribution in [-0.4, -0.2) is 4.98 Å². The smallest absolute Gasteiger partial charge is 0.135 e. The molecule has 0 unspecified atom stereocenters. The number of halogens is 1. The molecule has 70 valence electrons. The van der Waals surface area contributed by atoms with E-state index in [9.17, 15) is 4.39 Å². The van der Waals surface area contributed by atoms with Gasteiger partial charge in [-0.05, 0) is 11.6 Å². The highest BCUT2D eigenvalue weighted by molar-refractivity contribution is 7.71. The topological polar surface area (TPSA) is 15.8 Å². The summed E-state index contributed by atoms with van der Waals surface area (Å²) in [5.41, 5.74) is 1.26. The minimum Gasteiger partial charge on any atom is -0.352 e. The summed E-state index contributed by atoms with van der Waals surface area (Å²) in [7, 11) is 0. The van der Waals surface area contributed by atoms with Gasteiger partial charge in [-0.15, -0.1) is 0 Å². The average molecular weight is 205 g/mol. The van der Waals surface area contributed by atoms with Crippen molar-refractivity contribution in [1.82, 2.24) is 4.98 Å². The Balaban J connectivity index is 2.69. The number of aromatic nitrogens is 1. The number of rotatable bonds is 1. The Morgan fingerprint density at radius 1 is 1.07 bits per heavy atom. The molecule has 1 aromatic heterocycles. The van der Waals surface area contributed by atoms with Crippen LogP contribution >= 0.6 is 12.2 Å². The third-order valence-electron chi connectivity index (χ3n) is 1.97. The van der Waals surface area contributed by atoms with Crippen molar-refractivity contribution < 1.29 is 4.39 Å². The predicted molar refractivity (Wildman–Crippen MR) is 57.0 cm³/mol. The van der Waals surface area contributed by atoms with Gasteiger partial charge in [0.15, 0.2) is 0 Å². The second-order valence-corrected chi connectivity index (χ2v) is 3.30. The highest BCUT2D eigenvalue weighted by Crippen LogP contribution is 2.22. The number of pyridine rings is 1. The lowest BCUT2D eigenvalue weighted by molar-refractivity contribution is 0.628. The fraction of sp³-hybridized carbons (Fsp3) is 0. The van der Waals surface area contributed by atoms with E-state index >= 15 is 0 Å². The van der Waals surface area contributed by atoms with Gasteiger partial charge in [0.1, 0.15) is 10.5 Å². The minimum atomic E-state index is -0.292. The van der Waals surface area contributed by atoms with Gasteiger partial charge in [-0.3, -0.25) is 0 Å². The molecule has 1 heterocycles. The number of H-pyrrole nitrogens is 1. The lowest BCUT2D eigenvalue weighted by Crippen LogP contribution is -1.87. The van der Waals surface area contributed by atoms with Crippen molar-refractivity contribution >= 4 is 12.2 Å². The Labute approximate surface area is 86.2 Å². The summed E-state index contributed by atoms with van der Waals surface area (Å²) < 4.78 is 13.9. The van der Waals surface area contributed by atoms with Crippen LogP contribution in [0.1, 0.15) is 0 Å². The van der Waals surface area contributed by atoms with Gasteiger partial charge in [-0.25, -0.2) is 4.39 Å². The number of hydrogen-bond acceptors (Lipinski definition) is 1. The molecule has 14 heavy (non-hydrogen) atoms. The average Bonchev–Trinajstić information content (AvgIpc) is 2.19. The van der Waals surface area contributed by atoms with E-state index in [4.69, 9.17) is 12.2 Å². The molecule has 0 fully saturated rings. The zero-order valence-electron chi connectivity index (χ0n) is 7.33. The van der Waals surface area contributed by atoms with Gasteiger partial charge >= 0.3 is 0 Å². The zero-order valence-corrected chi connectivity index (χ0v) is 8.14. The molecular formula is C11H8FNS. The Kier molecular flexibility index (Phi) is 2.41.